The SMILES string of the molecule is C1=Cc2c(ccc3c4ccccc4n(-c4ccccc4-c4ccc(N(c5ccccc5-c5ccc6ccccc6c5)c5ccc(-c6cccc7ccccc67)c6ccccc56)cc4)c23)CC1. The minimum absolute atomic E-state index is 1.06. The second kappa shape index (κ2) is 15.7. The van der Waals surface area contributed by atoms with Crippen LogP contribution in [0.4, 0.5) is 17.1 Å². The van der Waals surface area contributed by atoms with Crippen molar-refractivity contribution in [3.8, 4) is 39.1 Å². The first-order valence-corrected chi connectivity index (χ1v) is 23.1. The van der Waals surface area contributed by atoms with E-state index in [1.807, 2.05) is 0 Å². The standard InChI is InChI=1S/C64H44N2/c1-2-19-47-42-48(33-32-43(47)16-1)52-23-10-12-29-60(52)65(63-41-40-56(55-25-7-8-26-57(55)63)54-28-15-20-44-17-3-5-21-50(44)54)49-37-34-46(35-38-49)51-22-9-13-30-61(51)66-62-31-14-11-27-58(62)59-39-36-45-18-4-6-24-53(45)64(59)66/h1-3,5-17,19-42H,4,18H2. The topological polar surface area (TPSA) is 8.17 Å². The number of hydrogen-bond donors (Lipinski definition) is 0. The number of benzene rings is 11. The van der Waals surface area contributed by atoms with Gasteiger partial charge in [0, 0.05) is 38.5 Å². The van der Waals surface area contributed by atoms with E-state index in [4.69, 9.17) is 0 Å². The first-order chi connectivity index (χ1) is 32.8. The van der Waals surface area contributed by atoms with E-state index in [-0.39, 0.29) is 0 Å². The fourth-order valence-corrected chi connectivity index (χ4v) is 10.8. The van der Waals surface area contributed by atoms with Gasteiger partial charge in [-0.2, -0.15) is 0 Å². The Balaban J connectivity index is 1.01. The number of aryl methyl sites for hydroxylation is 1. The van der Waals surface area contributed by atoms with E-state index >= 15 is 0 Å². The molecule has 1 heterocycles. The Morgan fingerprint density at radius 3 is 1.91 bits per heavy atom. The molecule has 0 aliphatic heterocycles. The van der Waals surface area contributed by atoms with Crippen LogP contribution in [0.5, 0.6) is 0 Å². The Morgan fingerprint density at radius 2 is 1.03 bits per heavy atom. The molecule has 0 unspecified atom stereocenters. The molecule has 1 aliphatic carbocycles. The van der Waals surface area contributed by atoms with Crippen LogP contribution in [0.25, 0.3) is 99.3 Å². The summed E-state index contributed by atoms with van der Waals surface area (Å²) < 4.78 is 2.51. The lowest BCUT2D eigenvalue weighted by Crippen LogP contribution is -2.12. The Bertz CT molecular complexity index is 3880. The molecule has 0 radical (unpaired) electrons. The summed E-state index contributed by atoms with van der Waals surface area (Å²) in [6.45, 7) is 0. The zero-order valence-electron chi connectivity index (χ0n) is 36.4. The predicted molar refractivity (Wildman–Crippen MR) is 282 cm³/mol. The highest BCUT2D eigenvalue weighted by molar-refractivity contribution is 6.13. The Kier molecular flexibility index (Phi) is 9.02. The summed E-state index contributed by atoms with van der Waals surface area (Å²) in [7, 11) is 0. The van der Waals surface area contributed by atoms with Gasteiger partial charge in [-0.3, -0.25) is 0 Å². The monoisotopic (exact) mass is 840 g/mol. The molecule has 0 saturated heterocycles. The van der Waals surface area contributed by atoms with Crippen molar-refractivity contribution >= 4 is 77.3 Å². The highest BCUT2D eigenvalue weighted by atomic mass is 15.1. The molecule has 2 nitrogen and oxygen atoms in total. The van der Waals surface area contributed by atoms with Crippen LogP contribution in [0, 0.1) is 0 Å². The van der Waals surface area contributed by atoms with E-state index in [0.717, 1.165) is 29.9 Å². The molecule has 11 aromatic carbocycles. The van der Waals surface area contributed by atoms with E-state index in [9.17, 15) is 0 Å². The van der Waals surface area contributed by atoms with E-state index in [1.54, 1.807) is 0 Å². The van der Waals surface area contributed by atoms with E-state index in [1.165, 1.54) is 104 Å². The number of para-hydroxylation sites is 3. The minimum atomic E-state index is 1.06. The van der Waals surface area contributed by atoms with Crippen molar-refractivity contribution in [2.45, 2.75) is 12.8 Å². The molecule has 0 amide bonds. The minimum Gasteiger partial charge on any atom is -0.309 e. The van der Waals surface area contributed by atoms with E-state index < -0.39 is 0 Å². The predicted octanol–water partition coefficient (Wildman–Crippen LogP) is 17.7. The summed E-state index contributed by atoms with van der Waals surface area (Å²) in [6.07, 6.45) is 6.82. The first-order valence-electron chi connectivity index (χ1n) is 23.1. The second-order valence-electron chi connectivity index (χ2n) is 17.5. The highest BCUT2D eigenvalue weighted by Crippen LogP contribution is 2.47. The smallest absolute Gasteiger partial charge is 0.0616 e. The third-order valence-electron chi connectivity index (χ3n) is 13.8. The number of hydrogen-bond acceptors (Lipinski definition) is 1. The van der Waals surface area contributed by atoms with Gasteiger partial charge >= 0.3 is 0 Å². The number of anilines is 3. The largest absolute Gasteiger partial charge is 0.309 e. The van der Waals surface area contributed by atoms with Crippen LogP contribution in [-0.2, 0) is 6.42 Å². The van der Waals surface area contributed by atoms with Crippen molar-refractivity contribution < 1.29 is 0 Å². The van der Waals surface area contributed by atoms with Crippen LogP contribution in [0.3, 0.4) is 0 Å². The van der Waals surface area contributed by atoms with Gasteiger partial charge in [0.1, 0.15) is 0 Å². The maximum Gasteiger partial charge on any atom is 0.0616 e. The van der Waals surface area contributed by atoms with Crippen LogP contribution in [0.15, 0.2) is 237 Å². The molecule has 0 atom stereocenters. The molecular weight excluding hydrogens is 797 g/mol. The molecule has 0 saturated carbocycles. The van der Waals surface area contributed by atoms with Crippen LogP contribution < -0.4 is 4.90 Å². The Labute approximate surface area is 384 Å². The number of fused-ring (bicyclic) bond motifs is 8. The summed E-state index contributed by atoms with van der Waals surface area (Å²) in [5.41, 5.74) is 16.9. The zero-order chi connectivity index (χ0) is 43.6. The van der Waals surface area contributed by atoms with Crippen molar-refractivity contribution in [2.24, 2.45) is 0 Å². The average molecular weight is 841 g/mol. The molecule has 13 rings (SSSR count). The zero-order valence-corrected chi connectivity index (χ0v) is 36.4. The van der Waals surface area contributed by atoms with Gasteiger partial charge in [-0.25, -0.2) is 0 Å². The van der Waals surface area contributed by atoms with Crippen molar-refractivity contribution in [3.05, 3.63) is 248 Å². The van der Waals surface area contributed by atoms with E-state index in [2.05, 4.69) is 252 Å². The van der Waals surface area contributed by atoms with E-state index in [0.29, 0.717) is 0 Å². The van der Waals surface area contributed by atoms with Gasteiger partial charge in [-0.1, -0.05) is 200 Å². The quantitative estimate of drug-likeness (QED) is 0.155. The molecule has 0 fully saturated rings. The van der Waals surface area contributed by atoms with Crippen LogP contribution in [0.1, 0.15) is 17.5 Å². The van der Waals surface area contributed by atoms with Crippen molar-refractivity contribution in [2.75, 3.05) is 4.90 Å². The van der Waals surface area contributed by atoms with Gasteiger partial charge in [0.2, 0.25) is 0 Å². The summed E-state index contributed by atoms with van der Waals surface area (Å²) in [6, 6.07) is 85.0. The maximum atomic E-state index is 2.51. The molecular formula is C64H44N2. The lowest BCUT2D eigenvalue weighted by molar-refractivity contribution is 0.986. The highest BCUT2D eigenvalue weighted by Gasteiger charge is 2.23. The summed E-state index contributed by atoms with van der Waals surface area (Å²) >= 11 is 0. The molecule has 0 N–H and O–H groups in total. The average Bonchev–Trinajstić information content (AvgIpc) is 3.74. The number of aromatic nitrogens is 1. The van der Waals surface area contributed by atoms with Gasteiger partial charge in [-0.05, 0) is 110 Å². The third-order valence-corrected chi connectivity index (χ3v) is 13.8. The molecule has 12 aromatic rings. The lowest BCUT2D eigenvalue weighted by Gasteiger charge is -2.30. The molecule has 1 aliphatic rings. The van der Waals surface area contributed by atoms with Crippen LogP contribution in [-0.4, -0.2) is 4.57 Å². The second-order valence-corrected chi connectivity index (χ2v) is 17.5. The molecule has 310 valence electrons. The van der Waals surface area contributed by atoms with Crippen molar-refractivity contribution in [1.82, 2.24) is 4.57 Å². The molecule has 0 spiro atoms. The number of allylic oxidation sites excluding steroid dienone is 1. The summed E-state index contributed by atoms with van der Waals surface area (Å²) in [5, 5.41) is 9.93. The van der Waals surface area contributed by atoms with Gasteiger partial charge < -0.3 is 9.47 Å². The Hall–Kier alpha value is -8.46. The van der Waals surface area contributed by atoms with Crippen molar-refractivity contribution in [3.63, 3.8) is 0 Å². The fraction of sp³-hybridized carbons (Fsp3) is 0.0312. The van der Waals surface area contributed by atoms with Crippen LogP contribution in [0.2, 0.25) is 0 Å². The van der Waals surface area contributed by atoms with Gasteiger partial charge in [0.25, 0.3) is 0 Å². The maximum absolute atomic E-state index is 2.51. The molecule has 2 heteroatoms. The summed E-state index contributed by atoms with van der Waals surface area (Å²) in [4.78, 5) is 2.47. The van der Waals surface area contributed by atoms with Gasteiger partial charge in [0.05, 0.1) is 28.1 Å². The van der Waals surface area contributed by atoms with Crippen LogP contribution >= 0.6 is 0 Å². The lowest BCUT2D eigenvalue weighted by atomic mass is 9.92. The third kappa shape index (κ3) is 6.18. The van der Waals surface area contributed by atoms with Gasteiger partial charge in [-0.15, -0.1) is 0 Å². The number of rotatable bonds is 7. The van der Waals surface area contributed by atoms with Crippen molar-refractivity contribution in [1.29, 1.82) is 0 Å². The molecule has 1 aromatic heterocycles. The summed E-state index contributed by atoms with van der Waals surface area (Å²) in [5.74, 6) is 0. The first kappa shape index (κ1) is 38.0. The Morgan fingerprint density at radius 1 is 0.379 bits per heavy atom. The fourth-order valence-electron chi connectivity index (χ4n) is 10.8. The number of nitrogens with zero attached hydrogens (tertiary/aromatic N) is 2. The molecule has 0 bridgehead atoms. The normalized spacial score (nSPS) is 12.4. The molecule has 66 heavy (non-hydrogen) atoms. The van der Waals surface area contributed by atoms with Gasteiger partial charge in [0.15, 0.2) is 0 Å².